The number of nitrogens with one attached hydrogen (secondary N) is 2. The zero-order chi connectivity index (χ0) is 22.3. The van der Waals surface area contributed by atoms with Gasteiger partial charge in [0.25, 0.3) is 0 Å². The van der Waals surface area contributed by atoms with E-state index in [9.17, 15) is 14.9 Å². The molecule has 4 rings (SSSR count). The van der Waals surface area contributed by atoms with E-state index in [1.807, 2.05) is 6.07 Å². The number of alkyl carbamates (subject to hydrolysis) is 1. The van der Waals surface area contributed by atoms with E-state index < -0.39 is 6.09 Å². The van der Waals surface area contributed by atoms with Gasteiger partial charge in [0.2, 0.25) is 5.91 Å². The smallest absolute Gasteiger partial charge is 0.407 e. The molecule has 2 aliphatic rings. The van der Waals surface area contributed by atoms with Crippen LogP contribution in [0.2, 0.25) is 0 Å². The van der Waals surface area contributed by atoms with Crippen molar-refractivity contribution >= 4 is 34.4 Å². The van der Waals surface area contributed by atoms with Crippen molar-refractivity contribution in [2.24, 2.45) is 0 Å². The first-order valence-electron chi connectivity index (χ1n) is 10.6. The van der Waals surface area contributed by atoms with E-state index in [0.717, 1.165) is 28.8 Å². The Balaban J connectivity index is 1.37. The van der Waals surface area contributed by atoms with Crippen LogP contribution >= 0.6 is 11.3 Å². The van der Waals surface area contributed by atoms with E-state index in [0.29, 0.717) is 43.0 Å². The van der Waals surface area contributed by atoms with Crippen LogP contribution in [0.15, 0.2) is 30.6 Å². The number of aromatic nitrogens is 1. The molecule has 166 valence electrons. The van der Waals surface area contributed by atoms with Gasteiger partial charge in [-0.2, -0.15) is 5.26 Å². The van der Waals surface area contributed by atoms with Crippen LogP contribution in [0, 0.1) is 11.3 Å². The van der Waals surface area contributed by atoms with E-state index in [2.05, 4.69) is 21.7 Å². The number of amides is 2. The Labute approximate surface area is 190 Å². The van der Waals surface area contributed by atoms with Crippen molar-refractivity contribution < 1.29 is 19.1 Å². The molecule has 3 heterocycles. The fraction of sp³-hybridized carbons (Fsp3) is 0.391. The molecule has 1 unspecified atom stereocenters. The topological polar surface area (TPSA) is 113 Å². The van der Waals surface area contributed by atoms with Crippen LogP contribution in [-0.4, -0.2) is 42.3 Å². The van der Waals surface area contributed by atoms with Crippen molar-refractivity contribution in [3.8, 4) is 6.07 Å². The highest BCUT2D eigenvalue weighted by atomic mass is 32.1. The van der Waals surface area contributed by atoms with Crippen molar-refractivity contribution in [2.45, 2.75) is 44.2 Å². The summed E-state index contributed by atoms with van der Waals surface area (Å²) in [5.74, 6) is -0.312. The van der Waals surface area contributed by atoms with Crippen LogP contribution in [0.4, 0.5) is 9.80 Å². The number of rotatable bonds is 5. The number of pyridine rings is 1. The molecule has 1 fully saturated rings. The Bertz CT molecular complexity index is 1040. The fourth-order valence-electron chi connectivity index (χ4n) is 3.86. The monoisotopic (exact) mass is 452 g/mol. The highest BCUT2D eigenvalue weighted by Crippen LogP contribution is 2.38. The minimum absolute atomic E-state index is 0.0869. The van der Waals surface area contributed by atoms with Crippen LogP contribution in [0.5, 0.6) is 0 Å². The Kier molecular flexibility index (Phi) is 7.14. The normalized spacial score (nSPS) is 18.5. The maximum absolute atomic E-state index is 12.4. The third kappa shape index (κ3) is 5.52. The molecule has 0 spiro atoms. The average molecular weight is 453 g/mol. The average Bonchev–Trinajstić information content (AvgIpc) is 3.15. The lowest BCUT2D eigenvalue weighted by atomic mass is 9.94. The van der Waals surface area contributed by atoms with E-state index >= 15 is 0 Å². The SMILES string of the molecule is N#Cc1c(NC(=O)C=Cc2cccnc2)sc2c1CCC(OC(=O)NC1CCOCC1)C2. The predicted molar refractivity (Wildman–Crippen MR) is 120 cm³/mol. The van der Waals surface area contributed by atoms with Crippen LogP contribution in [-0.2, 0) is 27.1 Å². The summed E-state index contributed by atoms with van der Waals surface area (Å²) >= 11 is 1.37. The van der Waals surface area contributed by atoms with Gasteiger partial charge in [-0.25, -0.2) is 4.79 Å². The molecule has 32 heavy (non-hydrogen) atoms. The quantitative estimate of drug-likeness (QED) is 0.672. The summed E-state index contributed by atoms with van der Waals surface area (Å²) in [6.45, 7) is 1.30. The van der Waals surface area contributed by atoms with Crippen LogP contribution in [0.25, 0.3) is 6.08 Å². The zero-order valence-corrected chi connectivity index (χ0v) is 18.3. The first-order chi connectivity index (χ1) is 15.6. The number of fused-ring (bicyclic) bond motifs is 1. The van der Waals surface area contributed by atoms with Crippen LogP contribution in [0.3, 0.4) is 0 Å². The minimum atomic E-state index is -0.406. The largest absolute Gasteiger partial charge is 0.446 e. The van der Waals surface area contributed by atoms with Gasteiger partial charge in [0.1, 0.15) is 17.2 Å². The van der Waals surface area contributed by atoms with Crippen LogP contribution in [0.1, 0.15) is 40.8 Å². The summed E-state index contributed by atoms with van der Waals surface area (Å²) in [4.78, 5) is 29.6. The summed E-state index contributed by atoms with van der Waals surface area (Å²) in [6, 6.07) is 5.95. The van der Waals surface area contributed by atoms with Gasteiger partial charge >= 0.3 is 6.09 Å². The second-order valence-electron chi connectivity index (χ2n) is 7.73. The maximum atomic E-state index is 12.4. The van der Waals surface area contributed by atoms with Gasteiger partial charge in [0, 0.05) is 49.0 Å². The summed E-state index contributed by atoms with van der Waals surface area (Å²) in [5, 5.41) is 15.9. The molecule has 1 saturated heterocycles. The number of hydrogen-bond acceptors (Lipinski definition) is 7. The number of carbonyl (C=O) groups excluding carboxylic acids is 2. The third-order valence-electron chi connectivity index (χ3n) is 5.50. The lowest BCUT2D eigenvalue weighted by molar-refractivity contribution is -0.111. The molecule has 2 aromatic rings. The molecule has 0 aromatic carbocycles. The van der Waals surface area contributed by atoms with Gasteiger partial charge in [-0.15, -0.1) is 11.3 Å². The molecule has 0 bridgehead atoms. The lowest BCUT2D eigenvalue weighted by Crippen LogP contribution is -2.41. The van der Waals surface area contributed by atoms with Crippen molar-refractivity contribution in [1.82, 2.24) is 10.3 Å². The molecular formula is C23H24N4O4S. The summed E-state index contributed by atoms with van der Waals surface area (Å²) in [5.41, 5.74) is 2.25. The van der Waals surface area contributed by atoms with Crippen LogP contribution < -0.4 is 10.6 Å². The number of nitrogens with zero attached hydrogens (tertiary/aromatic N) is 2. The van der Waals surface area contributed by atoms with Gasteiger partial charge in [-0.1, -0.05) is 6.07 Å². The Morgan fingerprint density at radius 1 is 1.31 bits per heavy atom. The number of thiophene rings is 1. The molecule has 2 N–H and O–H groups in total. The Morgan fingerprint density at radius 3 is 2.91 bits per heavy atom. The number of ether oxygens (including phenoxy) is 2. The standard InChI is InChI=1S/C23H24N4O4S/c24-13-19-18-5-4-17(31-23(29)26-16-7-10-30-11-8-16)12-20(18)32-22(19)27-21(28)6-3-15-2-1-9-25-14-15/h1-3,6,9,14,16-17H,4-5,7-8,10-12H2,(H,26,29)(H,27,28). The molecule has 1 atom stereocenters. The van der Waals surface area contributed by atoms with Gasteiger partial charge in [0.05, 0.1) is 5.56 Å². The predicted octanol–water partition coefficient (Wildman–Crippen LogP) is 3.43. The Morgan fingerprint density at radius 2 is 2.16 bits per heavy atom. The minimum Gasteiger partial charge on any atom is -0.446 e. The molecule has 0 radical (unpaired) electrons. The number of anilines is 1. The van der Waals surface area contributed by atoms with Gasteiger partial charge in [-0.05, 0) is 49.0 Å². The molecule has 8 nitrogen and oxygen atoms in total. The van der Waals surface area contributed by atoms with Gasteiger partial charge < -0.3 is 20.1 Å². The van der Waals surface area contributed by atoms with Gasteiger partial charge in [0.15, 0.2) is 0 Å². The first-order valence-corrected chi connectivity index (χ1v) is 11.4. The second kappa shape index (κ2) is 10.4. The molecule has 2 aromatic heterocycles. The van der Waals surface area contributed by atoms with Crippen molar-refractivity contribution in [3.05, 3.63) is 52.2 Å². The molecule has 1 aliphatic carbocycles. The lowest BCUT2D eigenvalue weighted by Gasteiger charge is -2.26. The second-order valence-corrected chi connectivity index (χ2v) is 8.83. The molecular weight excluding hydrogens is 428 g/mol. The summed E-state index contributed by atoms with van der Waals surface area (Å²) in [6.07, 6.45) is 9.16. The van der Waals surface area contributed by atoms with E-state index in [1.54, 1.807) is 24.5 Å². The van der Waals surface area contributed by atoms with Crippen molar-refractivity contribution in [2.75, 3.05) is 18.5 Å². The van der Waals surface area contributed by atoms with E-state index in [1.165, 1.54) is 17.4 Å². The summed E-state index contributed by atoms with van der Waals surface area (Å²) < 4.78 is 10.9. The number of hydrogen-bond donors (Lipinski definition) is 2. The maximum Gasteiger partial charge on any atom is 0.407 e. The van der Waals surface area contributed by atoms with Gasteiger partial charge in [-0.3, -0.25) is 9.78 Å². The molecule has 0 saturated carbocycles. The zero-order valence-electron chi connectivity index (χ0n) is 17.5. The fourth-order valence-corrected chi connectivity index (χ4v) is 5.12. The third-order valence-corrected chi connectivity index (χ3v) is 6.67. The first kappa shape index (κ1) is 22.0. The highest BCUT2D eigenvalue weighted by molar-refractivity contribution is 7.16. The highest BCUT2D eigenvalue weighted by Gasteiger charge is 2.29. The summed E-state index contributed by atoms with van der Waals surface area (Å²) in [7, 11) is 0. The number of carbonyl (C=O) groups is 2. The Hall–Kier alpha value is -3.22. The van der Waals surface area contributed by atoms with E-state index in [-0.39, 0.29) is 18.1 Å². The number of nitriles is 1. The molecule has 1 aliphatic heterocycles. The van der Waals surface area contributed by atoms with E-state index in [4.69, 9.17) is 9.47 Å². The van der Waals surface area contributed by atoms with Crippen molar-refractivity contribution in [1.29, 1.82) is 5.26 Å². The molecule has 2 amide bonds. The van der Waals surface area contributed by atoms with Crippen molar-refractivity contribution in [3.63, 3.8) is 0 Å². The molecule has 9 heteroatoms.